The van der Waals surface area contributed by atoms with Crippen LogP contribution in [0.2, 0.25) is 10.0 Å². The predicted octanol–water partition coefficient (Wildman–Crippen LogP) is 8.43. The Labute approximate surface area is 229 Å². The van der Waals surface area contributed by atoms with Crippen molar-refractivity contribution in [1.82, 2.24) is 0 Å². The summed E-state index contributed by atoms with van der Waals surface area (Å²) in [7, 11) is 0. The number of rotatable bonds is 3. The smallest absolute Gasteiger partial charge is 0.410 e. The summed E-state index contributed by atoms with van der Waals surface area (Å²) in [5.74, 6) is 0.748. The molecule has 2 atom stereocenters. The van der Waals surface area contributed by atoms with E-state index in [1.165, 1.54) is 0 Å². The molecule has 2 amide bonds. The van der Waals surface area contributed by atoms with Crippen LogP contribution in [0.15, 0.2) is 84.9 Å². The van der Waals surface area contributed by atoms with Gasteiger partial charge in [0.1, 0.15) is 11.5 Å². The summed E-state index contributed by atoms with van der Waals surface area (Å²) in [4.78, 5) is 30.4. The van der Waals surface area contributed by atoms with Gasteiger partial charge in [-0.1, -0.05) is 58.6 Å². The number of halogens is 2. The lowest BCUT2D eigenvalue weighted by molar-refractivity contribution is 0.185. The molecule has 0 spiro atoms. The Kier molecular flexibility index (Phi) is 6.01. The minimum atomic E-state index is -0.723. The van der Waals surface area contributed by atoms with Gasteiger partial charge in [-0.15, -0.1) is 0 Å². The van der Waals surface area contributed by atoms with Crippen LogP contribution in [0.1, 0.15) is 34.3 Å². The highest BCUT2D eigenvalue weighted by Crippen LogP contribution is 2.52. The first-order valence-corrected chi connectivity index (χ1v) is 12.8. The molecule has 8 heteroatoms. The maximum atomic E-state index is 13.6. The van der Waals surface area contributed by atoms with Crippen molar-refractivity contribution in [2.45, 2.75) is 25.9 Å². The Bertz CT molecular complexity index is 1450. The van der Waals surface area contributed by atoms with Crippen LogP contribution in [-0.2, 0) is 0 Å². The highest BCUT2D eigenvalue weighted by molar-refractivity contribution is 6.31. The normalized spacial score (nSPS) is 18.4. The third-order valence-electron chi connectivity index (χ3n) is 6.85. The summed E-state index contributed by atoms with van der Waals surface area (Å²) >= 11 is 12.9. The summed E-state index contributed by atoms with van der Waals surface area (Å²) < 4.78 is 11.5. The van der Waals surface area contributed by atoms with E-state index in [2.05, 4.69) is 0 Å². The lowest BCUT2D eigenvalue weighted by Crippen LogP contribution is -2.51. The number of ether oxygens (including phenoxy) is 2. The number of carbonyl (C=O) groups is 2. The third-order valence-corrected chi connectivity index (χ3v) is 7.32. The van der Waals surface area contributed by atoms with Gasteiger partial charge in [-0.05, 0) is 74.5 Å². The molecule has 0 unspecified atom stereocenters. The van der Waals surface area contributed by atoms with E-state index in [0.29, 0.717) is 44.0 Å². The maximum Gasteiger partial charge on any atom is 0.420 e. The molecular formula is C30H22Cl2N2O4. The van der Waals surface area contributed by atoms with Crippen molar-refractivity contribution in [3.8, 4) is 11.5 Å². The van der Waals surface area contributed by atoms with Gasteiger partial charge < -0.3 is 9.47 Å². The molecular weight excluding hydrogens is 523 g/mol. The molecule has 2 heterocycles. The van der Waals surface area contributed by atoms with Crippen molar-refractivity contribution in [1.29, 1.82) is 0 Å². The lowest BCUT2D eigenvalue weighted by atomic mass is 9.87. The van der Waals surface area contributed by atoms with Crippen molar-refractivity contribution >= 4 is 46.8 Å². The molecule has 190 valence electrons. The zero-order valence-corrected chi connectivity index (χ0v) is 22.0. The molecule has 2 aliphatic heterocycles. The number of hydrogen-bond donors (Lipinski definition) is 0. The number of aryl methyl sites for hydroxylation is 2. The van der Waals surface area contributed by atoms with Crippen LogP contribution in [0.25, 0.3) is 0 Å². The van der Waals surface area contributed by atoms with Crippen molar-refractivity contribution < 1.29 is 19.1 Å². The van der Waals surface area contributed by atoms with E-state index in [1.807, 2.05) is 62.4 Å². The third kappa shape index (κ3) is 4.16. The van der Waals surface area contributed by atoms with Gasteiger partial charge in [0.25, 0.3) is 0 Å². The first kappa shape index (κ1) is 24.3. The van der Waals surface area contributed by atoms with Crippen LogP contribution >= 0.6 is 23.2 Å². The zero-order valence-electron chi connectivity index (χ0n) is 20.5. The van der Waals surface area contributed by atoms with Crippen LogP contribution in [-0.4, -0.2) is 12.2 Å². The monoisotopic (exact) mass is 544 g/mol. The molecule has 6 nitrogen and oxygen atoms in total. The van der Waals surface area contributed by atoms with Gasteiger partial charge >= 0.3 is 12.2 Å². The van der Waals surface area contributed by atoms with Crippen LogP contribution in [0.4, 0.5) is 21.0 Å². The van der Waals surface area contributed by atoms with Crippen LogP contribution in [0, 0.1) is 13.8 Å². The van der Waals surface area contributed by atoms with Crippen molar-refractivity contribution in [3.63, 3.8) is 0 Å². The van der Waals surface area contributed by atoms with Crippen molar-refractivity contribution in [2.24, 2.45) is 0 Å². The molecule has 6 rings (SSSR count). The maximum absolute atomic E-state index is 13.6. The van der Waals surface area contributed by atoms with E-state index in [9.17, 15) is 9.59 Å². The quantitative estimate of drug-likeness (QED) is 0.259. The topological polar surface area (TPSA) is 59.1 Å². The van der Waals surface area contributed by atoms with E-state index in [4.69, 9.17) is 32.7 Å². The summed E-state index contributed by atoms with van der Waals surface area (Å²) in [6.07, 6.45) is -1.14. The van der Waals surface area contributed by atoms with Crippen LogP contribution in [0.3, 0.4) is 0 Å². The summed E-state index contributed by atoms with van der Waals surface area (Å²) in [6, 6.07) is 23.9. The van der Waals surface area contributed by atoms with Crippen molar-refractivity contribution in [3.05, 3.63) is 117 Å². The fraction of sp³-hybridized carbons (Fsp3) is 0.133. The van der Waals surface area contributed by atoms with E-state index >= 15 is 0 Å². The molecule has 0 aliphatic carbocycles. The first-order valence-electron chi connectivity index (χ1n) is 12.0. The Morgan fingerprint density at radius 2 is 0.947 bits per heavy atom. The number of benzene rings is 4. The molecule has 38 heavy (non-hydrogen) atoms. The van der Waals surface area contributed by atoms with Gasteiger partial charge in [0.05, 0.1) is 12.1 Å². The molecule has 0 radical (unpaired) electrons. The molecule has 0 saturated heterocycles. The number of fused-ring (bicyclic) bond motifs is 2. The Hall–Kier alpha value is -4.00. The minimum Gasteiger partial charge on any atom is -0.410 e. The molecule has 0 bridgehead atoms. The average molecular weight is 545 g/mol. The standard InChI is InChI=1S/C30H22Cl2N2O4/c1-17-3-9-21(10-4-17)33-27(23-15-19(31)7-13-25(23)37-29(33)35)28-24-16-20(32)8-14-26(24)38-30(36)34(28)22-11-5-18(2)6-12-22/h3-16,27-28H,1-2H3/t27-,28-/m0/s1. The number of hydrogen-bond acceptors (Lipinski definition) is 4. The number of anilines is 2. The number of carbonyl (C=O) groups excluding carboxylic acids is 2. The average Bonchev–Trinajstić information content (AvgIpc) is 2.89. The van der Waals surface area contributed by atoms with Gasteiger partial charge in [0.2, 0.25) is 0 Å². The van der Waals surface area contributed by atoms with E-state index < -0.39 is 24.3 Å². The number of amides is 2. The highest BCUT2D eigenvalue weighted by Gasteiger charge is 2.48. The van der Waals surface area contributed by atoms with Gasteiger partial charge in [-0.2, -0.15) is 0 Å². The second-order valence-electron chi connectivity index (χ2n) is 9.40. The Balaban J connectivity index is 1.65. The van der Waals surface area contributed by atoms with Crippen LogP contribution < -0.4 is 19.3 Å². The molecule has 2 aliphatic rings. The molecule has 0 fully saturated rings. The van der Waals surface area contributed by atoms with E-state index in [0.717, 1.165) is 11.1 Å². The predicted molar refractivity (Wildman–Crippen MR) is 148 cm³/mol. The molecule has 0 saturated carbocycles. The van der Waals surface area contributed by atoms with Gasteiger partial charge in [0.15, 0.2) is 0 Å². The molecule has 0 aromatic heterocycles. The van der Waals surface area contributed by atoms with E-state index in [-0.39, 0.29) is 0 Å². The van der Waals surface area contributed by atoms with Gasteiger partial charge in [-0.25, -0.2) is 9.59 Å². The number of nitrogens with zero attached hydrogens (tertiary/aromatic N) is 2. The zero-order chi connectivity index (χ0) is 26.6. The van der Waals surface area contributed by atoms with Crippen molar-refractivity contribution in [2.75, 3.05) is 9.80 Å². The van der Waals surface area contributed by atoms with Gasteiger partial charge in [0, 0.05) is 32.5 Å². The summed E-state index contributed by atoms with van der Waals surface area (Å²) in [5.41, 5.74) is 4.61. The molecule has 0 N–H and O–H groups in total. The largest absolute Gasteiger partial charge is 0.420 e. The first-order chi connectivity index (χ1) is 18.3. The lowest BCUT2D eigenvalue weighted by Gasteiger charge is -2.46. The summed E-state index contributed by atoms with van der Waals surface area (Å²) in [6.45, 7) is 3.94. The summed E-state index contributed by atoms with van der Waals surface area (Å²) in [5, 5.41) is 0.948. The van der Waals surface area contributed by atoms with Gasteiger partial charge in [-0.3, -0.25) is 9.80 Å². The fourth-order valence-corrected chi connectivity index (χ4v) is 5.40. The Morgan fingerprint density at radius 3 is 1.32 bits per heavy atom. The second-order valence-corrected chi connectivity index (χ2v) is 10.3. The SMILES string of the molecule is Cc1ccc(N2C(=O)Oc3ccc(Cl)cc3[C@H]2[C@@H]2c3cc(Cl)ccc3OC(=O)N2c2ccc(C)cc2)cc1. The molecule has 4 aromatic carbocycles. The van der Waals surface area contributed by atoms with E-state index in [1.54, 1.807) is 46.2 Å². The van der Waals surface area contributed by atoms with Crippen LogP contribution in [0.5, 0.6) is 11.5 Å². The Morgan fingerprint density at radius 1 is 0.579 bits per heavy atom. The second kappa shape index (κ2) is 9.39. The molecule has 4 aromatic rings. The highest BCUT2D eigenvalue weighted by atomic mass is 35.5. The fourth-order valence-electron chi connectivity index (χ4n) is 5.04. The minimum absolute atomic E-state index is 0.374.